The van der Waals surface area contributed by atoms with Gasteiger partial charge >= 0.3 is 0 Å². The fraction of sp³-hybridized carbons (Fsp3) is 0.714. The molecular weight excluding hydrogens is 254 g/mol. The molecule has 20 heavy (non-hydrogen) atoms. The van der Waals surface area contributed by atoms with Crippen molar-refractivity contribution < 1.29 is 0 Å². The average Bonchev–Trinajstić information content (AvgIpc) is 2.46. The first-order valence-corrected chi connectivity index (χ1v) is 7.26. The van der Waals surface area contributed by atoms with Crippen LogP contribution >= 0.6 is 0 Å². The summed E-state index contributed by atoms with van der Waals surface area (Å²) in [5.74, 6) is 1.54. The SMILES string of the molecule is CCc1nc(N2CCN(C(C)(C)CN)CC2)cc(=O)[nH]1. The Kier molecular flexibility index (Phi) is 4.45. The number of anilines is 1. The molecule has 1 aliphatic rings. The third kappa shape index (κ3) is 3.19. The van der Waals surface area contributed by atoms with Gasteiger partial charge in [-0.15, -0.1) is 0 Å². The minimum atomic E-state index is -0.0726. The largest absolute Gasteiger partial charge is 0.354 e. The van der Waals surface area contributed by atoms with E-state index in [1.165, 1.54) is 0 Å². The van der Waals surface area contributed by atoms with Gasteiger partial charge in [-0.05, 0) is 13.8 Å². The fourth-order valence-corrected chi connectivity index (χ4v) is 2.49. The maximum atomic E-state index is 11.6. The molecule has 0 atom stereocenters. The summed E-state index contributed by atoms with van der Waals surface area (Å²) in [5, 5.41) is 0. The second-order valence-corrected chi connectivity index (χ2v) is 5.89. The topological polar surface area (TPSA) is 78.2 Å². The normalized spacial score (nSPS) is 17.5. The Morgan fingerprint density at radius 3 is 2.55 bits per heavy atom. The zero-order chi connectivity index (χ0) is 14.8. The van der Waals surface area contributed by atoms with E-state index in [2.05, 4.69) is 33.6 Å². The van der Waals surface area contributed by atoms with E-state index < -0.39 is 0 Å². The minimum Gasteiger partial charge on any atom is -0.354 e. The van der Waals surface area contributed by atoms with Gasteiger partial charge in [0.15, 0.2) is 0 Å². The van der Waals surface area contributed by atoms with Crippen LogP contribution in [0.15, 0.2) is 10.9 Å². The summed E-state index contributed by atoms with van der Waals surface area (Å²) in [5.41, 5.74) is 5.78. The van der Waals surface area contributed by atoms with Crippen LogP contribution in [0, 0.1) is 0 Å². The molecule has 1 aliphatic heterocycles. The third-order valence-electron chi connectivity index (χ3n) is 4.07. The van der Waals surface area contributed by atoms with Gasteiger partial charge in [0, 0.05) is 50.7 Å². The molecule has 1 aromatic heterocycles. The molecule has 0 aliphatic carbocycles. The number of nitrogens with two attached hydrogens (primary N) is 1. The number of piperazine rings is 1. The van der Waals surface area contributed by atoms with E-state index in [1.807, 2.05) is 6.92 Å². The summed E-state index contributed by atoms with van der Waals surface area (Å²) in [6.07, 6.45) is 0.739. The van der Waals surface area contributed by atoms with Crippen LogP contribution in [0.5, 0.6) is 0 Å². The molecule has 1 fully saturated rings. The van der Waals surface area contributed by atoms with Crippen molar-refractivity contribution in [3.8, 4) is 0 Å². The highest BCUT2D eigenvalue weighted by Gasteiger charge is 2.29. The zero-order valence-corrected chi connectivity index (χ0v) is 12.6. The van der Waals surface area contributed by atoms with Gasteiger partial charge in [-0.1, -0.05) is 6.92 Å². The molecule has 2 rings (SSSR count). The van der Waals surface area contributed by atoms with E-state index in [0.29, 0.717) is 6.54 Å². The first-order valence-electron chi connectivity index (χ1n) is 7.26. The fourth-order valence-electron chi connectivity index (χ4n) is 2.49. The molecule has 0 bridgehead atoms. The lowest BCUT2D eigenvalue weighted by Gasteiger charge is -2.43. The van der Waals surface area contributed by atoms with Crippen molar-refractivity contribution >= 4 is 5.82 Å². The lowest BCUT2D eigenvalue weighted by Crippen LogP contribution is -2.57. The van der Waals surface area contributed by atoms with Gasteiger partial charge in [-0.3, -0.25) is 9.69 Å². The molecule has 1 aromatic rings. The third-order valence-corrected chi connectivity index (χ3v) is 4.07. The van der Waals surface area contributed by atoms with Crippen LogP contribution in [0.3, 0.4) is 0 Å². The van der Waals surface area contributed by atoms with E-state index >= 15 is 0 Å². The van der Waals surface area contributed by atoms with Crippen molar-refractivity contribution in [1.29, 1.82) is 0 Å². The standard InChI is InChI=1S/C14H25N5O/c1-4-11-16-12(9-13(20)17-11)18-5-7-19(8-6-18)14(2,3)10-15/h9H,4-8,10,15H2,1-3H3,(H,16,17,20). The molecule has 3 N–H and O–H groups in total. The molecule has 0 saturated carbocycles. The number of aryl methyl sites for hydroxylation is 1. The monoisotopic (exact) mass is 279 g/mol. The number of aromatic amines is 1. The number of hydrogen-bond donors (Lipinski definition) is 2. The lowest BCUT2D eigenvalue weighted by molar-refractivity contribution is 0.119. The van der Waals surface area contributed by atoms with Gasteiger partial charge in [0.25, 0.3) is 5.56 Å². The Morgan fingerprint density at radius 1 is 1.35 bits per heavy atom. The Labute approximate surface area is 120 Å². The van der Waals surface area contributed by atoms with Crippen LogP contribution in [-0.4, -0.2) is 53.1 Å². The van der Waals surface area contributed by atoms with Crippen molar-refractivity contribution in [3.05, 3.63) is 22.2 Å². The second kappa shape index (κ2) is 5.93. The Hall–Kier alpha value is -1.40. The highest BCUT2D eigenvalue weighted by Crippen LogP contribution is 2.18. The van der Waals surface area contributed by atoms with E-state index in [1.54, 1.807) is 6.07 Å². The van der Waals surface area contributed by atoms with Crippen LogP contribution in [-0.2, 0) is 6.42 Å². The summed E-state index contributed by atoms with van der Waals surface area (Å²) >= 11 is 0. The maximum Gasteiger partial charge on any atom is 0.252 e. The molecule has 0 amide bonds. The average molecular weight is 279 g/mol. The molecular formula is C14H25N5O. The van der Waals surface area contributed by atoms with Gasteiger partial charge < -0.3 is 15.6 Å². The quantitative estimate of drug-likeness (QED) is 0.823. The van der Waals surface area contributed by atoms with Crippen molar-refractivity contribution in [2.75, 3.05) is 37.6 Å². The molecule has 6 heteroatoms. The summed E-state index contributed by atoms with van der Waals surface area (Å²) in [6, 6.07) is 1.59. The number of nitrogens with one attached hydrogen (secondary N) is 1. The number of H-pyrrole nitrogens is 1. The summed E-state index contributed by atoms with van der Waals surface area (Å²) < 4.78 is 0. The number of rotatable bonds is 4. The van der Waals surface area contributed by atoms with Crippen LogP contribution < -0.4 is 16.2 Å². The first kappa shape index (κ1) is 15.0. The summed E-state index contributed by atoms with van der Waals surface area (Å²) in [6.45, 7) is 10.6. The molecule has 1 saturated heterocycles. The van der Waals surface area contributed by atoms with Crippen LogP contribution in [0.2, 0.25) is 0 Å². The van der Waals surface area contributed by atoms with E-state index in [9.17, 15) is 4.79 Å². The van der Waals surface area contributed by atoms with Crippen LogP contribution in [0.4, 0.5) is 5.82 Å². The predicted octanol–water partition coefficient (Wildman–Crippen LogP) is 0.192. The van der Waals surface area contributed by atoms with Crippen molar-refractivity contribution in [2.45, 2.75) is 32.7 Å². The number of aromatic nitrogens is 2. The smallest absolute Gasteiger partial charge is 0.252 e. The molecule has 112 valence electrons. The highest BCUT2D eigenvalue weighted by molar-refractivity contribution is 5.38. The molecule has 0 radical (unpaired) electrons. The number of nitrogens with zero attached hydrogens (tertiary/aromatic N) is 3. The molecule has 2 heterocycles. The van der Waals surface area contributed by atoms with Gasteiger partial charge in [0.05, 0.1) is 0 Å². The Balaban J connectivity index is 2.07. The van der Waals surface area contributed by atoms with Gasteiger partial charge in [-0.2, -0.15) is 0 Å². The van der Waals surface area contributed by atoms with Gasteiger partial charge in [-0.25, -0.2) is 4.98 Å². The molecule has 0 spiro atoms. The molecule has 0 aromatic carbocycles. The highest BCUT2D eigenvalue weighted by atomic mass is 16.1. The van der Waals surface area contributed by atoms with Gasteiger partial charge in [0.2, 0.25) is 0 Å². The minimum absolute atomic E-state index is 0.0300. The zero-order valence-electron chi connectivity index (χ0n) is 12.6. The molecule has 6 nitrogen and oxygen atoms in total. The van der Waals surface area contributed by atoms with Crippen LogP contribution in [0.1, 0.15) is 26.6 Å². The van der Waals surface area contributed by atoms with E-state index in [-0.39, 0.29) is 11.1 Å². The maximum absolute atomic E-state index is 11.6. The first-order chi connectivity index (χ1) is 9.46. The van der Waals surface area contributed by atoms with Gasteiger partial charge in [0.1, 0.15) is 11.6 Å². The van der Waals surface area contributed by atoms with E-state index in [0.717, 1.165) is 44.2 Å². The second-order valence-electron chi connectivity index (χ2n) is 5.89. The van der Waals surface area contributed by atoms with Crippen molar-refractivity contribution in [3.63, 3.8) is 0 Å². The summed E-state index contributed by atoms with van der Waals surface area (Å²) in [7, 11) is 0. The molecule has 0 unspecified atom stereocenters. The van der Waals surface area contributed by atoms with Crippen LogP contribution in [0.25, 0.3) is 0 Å². The summed E-state index contributed by atoms with van der Waals surface area (Å²) in [4.78, 5) is 23.5. The Bertz CT molecular complexity index is 503. The Morgan fingerprint density at radius 2 is 2.00 bits per heavy atom. The lowest BCUT2D eigenvalue weighted by atomic mass is 10.0. The van der Waals surface area contributed by atoms with Crippen molar-refractivity contribution in [2.24, 2.45) is 5.73 Å². The van der Waals surface area contributed by atoms with E-state index in [4.69, 9.17) is 5.73 Å². The number of hydrogen-bond acceptors (Lipinski definition) is 5. The van der Waals surface area contributed by atoms with Crippen molar-refractivity contribution in [1.82, 2.24) is 14.9 Å². The predicted molar refractivity (Wildman–Crippen MR) is 81.2 cm³/mol.